The van der Waals surface area contributed by atoms with Crippen molar-refractivity contribution in [1.82, 2.24) is 19.9 Å². The van der Waals surface area contributed by atoms with Crippen molar-refractivity contribution in [2.24, 2.45) is 0 Å². The minimum Gasteiger partial charge on any atom is -0.490 e. The third-order valence-electron chi connectivity index (χ3n) is 3.96. The molecule has 2 heterocycles. The predicted octanol–water partition coefficient (Wildman–Crippen LogP) is 3.73. The lowest BCUT2D eigenvalue weighted by atomic mass is 10.2. The number of halogens is 1. The van der Waals surface area contributed by atoms with Crippen molar-refractivity contribution in [2.45, 2.75) is 6.92 Å². The van der Waals surface area contributed by atoms with Crippen LogP contribution in [0.1, 0.15) is 17.3 Å². The first-order valence-corrected chi connectivity index (χ1v) is 8.96. The van der Waals surface area contributed by atoms with Crippen LogP contribution in [0.3, 0.4) is 0 Å². The molecule has 0 fully saturated rings. The molecule has 0 radical (unpaired) electrons. The van der Waals surface area contributed by atoms with Gasteiger partial charge in [-0.05, 0) is 31.2 Å². The van der Waals surface area contributed by atoms with Crippen LogP contribution in [0.15, 0.2) is 61.2 Å². The van der Waals surface area contributed by atoms with Gasteiger partial charge >= 0.3 is 0 Å². The molecule has 3 aromatic rings. The average molecular weight is 383 g/mol. The number of hydrogen-bond donors (Lipinski definition) is 0. The highest BCUT2D eigenvalue weighted by atomic mass is 35.5. The second-order valence-electron chi connectivity index (χ2n) is 5.69. The number of para-hydroxylation sites is 1. The smallest absolute Gasteiger partial charge is 0.257 e. The molecule has 0 N–H and O–H groups in total. The Bertz CT molecular complexity index is 888. The fraction of sp³-hybridized carbons (Fsp3) is 0.200. The molecule has 0 bridgehead atoms. The monoisotopic (exact) mass is 382 g/mol. The van der Waals surface area contributed by atoms with E-state index in [1.807, 2.05) is 31.2 Å². The number of carbonyl (C=O) groups excluding carboxylic acids is 1. The number of carbonyl (C=O) groups is 1. The van der Waals surface area contributed by atoms with Gasteiger partial charge in [-0.3, -0.25) is 9.78 Å². The Kier molecular flexibility index (Phi) is 6.33. The van der Waals surface area contributed by atoms with Crippen LogP contribution < -0.4 is 4.74 Å². The van der Waals surface area contributed by atoms with E-state index >= 15 is 0 Å². The molecule has 3 rings (SSSR count). The van der Waals surface area contributed by atoms with Crippen molar-refractivity contribution >= 4 is 17.5 Å². The van der Waals surface area contributed by atoms with E-state index in [0.29, 0.717) is 41.9 Å². The molecule has 0 aliphatic rings. The summed E-state index contributed by atoms with van der Waals surface area (Å²) in [4.78, 5) is 26.9. The molecule has 7 heteroatoms. The van der Waals surface area contributed by atoms with Gasteiger partial charge < -0.3 is 9.64 Å². The van der Waals surface area contributed by atoms with Crippen molar-refractivity contribution in [3.05, 3.63) is 71.8 Å². The van der Waals surface area contributed by atoms with Crippen LogP contribution in [0.2, 0.25) is 5.02 Å². The first-order chi connectivity index (χ1) is 13.2. The maximum absolute atomic E-state index is 12.7. The largest absolute Gasteiger partial charge is 0.490 e. The SMILES string of the molecule is CCN(CCOc1ccccc1Cl)C(=O)c1cnc(-c2ccncc2)nc1. The van der Waals surface area contributed by atoms with E-state index in [0.717, 1.165) is 5.56 Å². The van der Waals surface area contributed by atoms with E-state index in [-0.39, 0.29) is 5.91 Å². The van der Waals surface area contributed by atoms with Gasteiger partial charge in [0.05, 0.1) is 17.1 Å². The summed E-state index contributed by atoms with van der Waals surface area (Å²) in [6, 6.07) is 10.9. The lowest BCUT2D eigenvalue weighted by molar-refractivity contribution is 0.0739. The molecule has 27 heavy (non-hydrogen) atoms. The second kappa shape index (κ2) is 9.09. The minimum atomic E-state index is -0.137. The Morgan fingerprint density at radius 3 is 2.48 bits per heavy atom. The number of ether oxygens (including phenoxy) is 1. The molecule has 0 spiro atoms. The van der Waals surface area contributed by atoms with Gasteiger partial charge in [0.15, 0.2) is 5.82 Å². The van der Waals surface area contributed by atoms with Gasteiger partial charge in [-0.25, -0.2) is 9.97 Å². The minimum absolute atomic E-state index is 0.137. The Morgan fingerprint density at radius 2 is 1.81 bits per heavy atom. The van der Waals surface area contributed by atoms with E-state index in [9.17, 15) is 4.79 Å². The topological polar surface area (TPSA) is 68.2 Å². The zero-order valence-corrected chi connectivity index (χ0v) is 15.6. The highest BCUT2D eigenvalue weighted by Crippen LogP contribution is 2.23. The number of nitrogens with zero attached hydrogens (tertiary/aromatic N) is 4. The molecule has 138 valence electrons. The van der Waals surface area contributed by atoms with Crippen LogP contribution in [0, 0.1) is 0 Å². The maximum Gasteiger partial charge on any atom is 0.257 e. The van der Waals surface area contributed by atoms with Crippen LogP contribution in [0.4, 0.5) is 0 Å². The summed E-state index contributed by atoms with van der Waals surface area (Å²) in [7, 11) is 0. The molecule has 1 aromatic carbocycles. The summed E-state index contributed by atoms with van der Waals surface area (Å²) < 4.78 is 5.67. The van der Waals surface area contributed by atoms with Crippen LogP contribution in [0.25, 0.3) is 11.4 Å². The zero-order valence-electron chi connectivity index (χ0n) is 14.9. The predicted molar refractivity (Wildman–Crippen MR) is 104 cm³/mol. The third-order valence-corrected chi connectivity index (χ3v) is 4.27. The maximum atomic E-state index is 12.7. The Balaban J connectivity index is 1.61. The van der Waals surface area contributed by atoms with Gasteiger partial charge in [-0.15, -0.1) is 0 Å². The van der Waals surface area contributed by atoms with Gasteiger partial charge in [-0.2, -0.15) is 0 Å². The van der Waals surface area contributed by atoms with Gasteiger partial charge in [0, 0.05) is 36.9 Å². The highest BCUT2D eigenvalue weighted by molar-refractivity contribution is 6.32. The van der Waals surface area contributed by atoms with Crippen molar-refractivity contribution in [1.29, 1.82) is 0 Å². The summed E-state index contributed by atoms with van der Waals surface area (Å²) >= 11 is 6.07. The van der Waals surface area contributed by atoms with Crippen molar-refractivity contribution < 1.29 is 9.53 Å². The van der Waals surface area contributed by atoms with E-state index in [4.69, 9.17) is 16.3 Å². The number of benzene rings is 1. The van der Waals surface area contributed by atoms with E-state index in [2.05, 4.69) is 15.0 Å². The Hall–Kier alpha value is -2.99. The number of pyridine rings is 1. The number of likely N-dealkylation sites (N-methyl/N-ethyl adjacent to an activating group) is 1. The normalized spacial score (nSPS) is 10.4. The van der Waals surface area contributed by atoms with Crippen LogP contribution in [-0.2, 0) is 0 Å². The first-order valence-electron chi connectivity index (χ1n) is 8.58. The number of rotatable bonds is 7. The fourth-order valence-electron chi connectivity index (χ4n) is 2.50. The van der Waals surface area contributed by atoms with Crippen LogP contribution in [-0.4, -0.2) is 45.5 Å². The van der Waals surface area contributed by atoms with Crippen molar-refractivity contribution in [3.8, 4) is 17.1 Å². The molecule has 0 saturated heterocycles. The number of amides is 1. The first kappa shape index (κ1) is 18.8. The van der Waals surface area contributed by atoms with Crippen LogP contribution >= 0.6 is 11.6 Å². The molecule has 2 aromatic heterocycles. The Morgan fingerprint density at radius 1 is 1.11 bits per heavy atom. The van der Waals surface area contributed by atoms with Crippen molar-refractivity contribution in [2.75, 3.05) is 19.7 Å². The van der Waals surface area contributed by atoms with Gasteiger partial charge in [0.25, 0.3) is 5.91 Å². The average Bonchev–Trinajstić information content (AvgIpc) is 2.73. The summed E-state index contributed by atoms with van der Waals surface area (Å²) in [6.45, 7) is 3.25. The number of hydrogen-bond acceptors (Lipinski definition) is 5. The molecular formula is C20H19ClN4O2. The lowest BCUT2D eigenvalue weighted by Gasteiger charge is -2.21. The molecule has 0 atom stereocenters. The summed E-state index contributed by atoms with van der Waals surface area (Å²) in [5.74, 6) is 1.02. The standard InChI is InChI=1S/C20H19ClN4O2/c1-2-25(11-12-27-18-6-4-3-5-17(18)21)20(26)16-13-23-19(24-14-16)15-7-9-22-10-8-15/h3-10,13-14H,2,11-12H2,1H3. The Labute approximate surface area is 162 Å². The molecule has 0 aliphatic carbocycles. The third kappa shape index (κ3) is 4.80. The van der Waals surface area contributed by atoms with E-state index in [1.165, 1.54) is 0 Å². The molecule has 0 unspecified atom stereocenters. The molecule has 1 amide bonds. The quantitative estimate of drug-likeness (QED) is 0.622. The van der Waals surface area contributed by atoms with E-state index < -0.39 is 0 Å². The molecule has 6 nitrogen and oxygen atoms in total. The van der Waals surface area contributed by atoms with Gasteiger partial charge in [-0.1, -0.05) is 23.7 Å². The summed E-state index contributed by atoms with van der Waals surface area (Å²) in [5.41, 5.74) is 1.29. The summed E-state index contributed by atoms with van der Waals surface area (Å²) in [5, 5.41) is 0.548. The zero-order chi connectivity index (χ0) is 19.1. The molecule has 0 saturated carbocycles. The molecular weight excluding hydrogens is 364 g/mol. The second-order valence-corrected chi connectivity index (χ2v) is 6.10. The number of aromatic nitrogens is 3. The van der Waals surface area contributed by atoms with Gasteiger partial charge in [0.2, 0.25) is 0 Å². The lowest BCUT2D eigenvalue weighted by Crippen LogP contribution is -2.34. The molecule has 0 aliphatic heterocycles. The van der Waals surface area contributed by atoms with E-state index in [1.54, 1.807) is 41.8 Å². The van der Waals surface area contributed by atoms with Gasteiger partial charge in [0.1, 0.15) is 12.4 Å². The van der Waals surface area contributed by atoms with Crippen LogP contribution in [0.5, 0.6) is 5.75 Å². The van der Waals surface area contributed by atoms with Crippen molar-refractivity contribution in [3.63, 3.8) is 0 Å². The fourth-order valence-corrected chi connectivity index (χ4v) is 2.69. The highest BCUT2D eigenvalue weighted by Gasteiger charge is 2.15. The summed E-state index contributed by atoms with van der Waals surface area (Å²) in [6.07, 6.45) is 6.44.